The summed E-state index contributed by atoms with van der Waals surface area (Å²) < 4.78 is 0. The fourth-order valence-corrected chi connectivity index (χ4v) is 3.24. The summed E-state index contributed by atoms with van der Waals surface area (Å²) in [5, 5.41) is 13.9. The standard InChI is InChI=1S/C20H20ClN3O3/c1-14(20(25)22-19-13-17(24(26)27)7-8-18(19)21)23-11-9-16(10-12-23)15-5-3-2-4-6-15/h2-9,13-14H,10-12H2,1H3,(H,22,25). The Bertz CT molecular complexity index is 883. The smallest absolute Gasteiger partial charge is 0.271 e. The number of non-ortho nitro benzene ring substituents is 1. The van der Waals surface area contributed by atoms with E-state index in [1.54, 1.807) is 0 Å². The van der Waals surface area contributed by atoms with Gasteiger partial charge in [-0.3, -0.25) is 19.8 Å². The number of hydrogen-bond acceptors (Lipinski definition) is 4. The molecule has 1 aliphatic rings. The van der Waals surface area contributed by atoms with Crippen LogP contribution in [0.3, 0.4) is 0 Å². The highest BCUT2D eigenvalue weighted by Gasteiger charge is 2.24. The van der Waals surface area contributed by atoms with Crippen molar-refractivity contribution >= 4 is 34.5 Å². The highest BCUT2D eigenvalue weighted by molar-refractivity contribution is 6.33. The molecule has 6 nitrogen and oxygen atoms in total. The number of nitrogens with zero attached hydrogens (tertiary/aromatic N) is 2. The lowest BCUT2D eigenvalue weighted by atomic mass is 9.99. The van der Waals surface area contributed by atoms with E-state index in [1.807, 2.05) is 25.1 Å². The van der Waals surface area contributed by atoms with Gasteiger partial charge in [0.25, 0.3) is 5.69 Å². The van der Waals surface area contributed by atoms with Gasteiger partial charge in [-0.05, 0) is 30.5 Å². The number of carbonyl (C=O) groups is 1. The van der Waals surface area contributed by atoms with Crippen LogP contribution in [0.1, 0.15) is 18.9 Å². The van der Waals surface area contributed by atoms with Gasteiger partial charge in [0.2, 0.25) is 5.91 Å². The number of nitro benzene ring substituents is 1. The van der Waals surface area contributed by atoms with Crippen molar-refractivity contribution in [2.24, 2.45) is 0 Å². The fraction of sp³-hybridized carbons (Fsp3) is 0.250. The first kappa shape index (κ1) is 19.1. The molecule has 0 bridgehead atoms. The third-order valence-corrected chi connectivity index (χ3v) is 5.06. The summed E-state index contributed by atoms with van der Waals surface area (Å²) in [5.41, 5.74) is 2.62. The molecule has 1 aliphatic heterocycles. The molecule has 1 atom stereocenters. The van der Waals surface area contributed by atoms with E-state index in [-0.39, 0.29) is 28.3 Å². The normalized spacial score (nSPS) is 15.7. The maximum atomic E-state index is 12.6. The molecular weight excluding hydrogens is 366 g/mol. The van der Waals surface area contributed by atoms with Gasteiger partial charge in [0.1, 0.15) is 0 Å². The van der Waals surface area contributed by atoms with Crippen LogP contribution in [0.25, 0.3) is 5.57 Å². The molecule has 3 rings (SSSR count). The molecule has 1 amide bonds. The molecule has 0 radical (unpaired) electrons. The van der Waals surface area contributed by atoms with E-state index < -0.39 is 4.92 Å². The van der Waals surface area contributed by atoms with Gasteiger partial charge in [-0.2, -0.15) is 0 Å². The van der Waals surface area contributed by atoms with Crippen molar-refractivity contribution in [1.29, 1.82) is 0 Å². The zero-order chi connectivity index (χ0) is 19.4. The van der Waals surface area contributed by atoms with Crippen LogP contribution in [0, 0.1) is 10.1 Å². The van der Waals surface area contributed by atoms with Crippen LogP contribution in [0.5, 0.6) is 0 Å². The van der Waals surface area contributed by atoms with Gasteiger partial charge in [0.15, 0.2) is 0 Å². The Labute approximate surface area is 162 Å². The lowest BCUT2D eigenvalue weighted by molar-refractivity contribution is -0.384. The summed E-state index contributed by atoms with van der Waals surface area (Å²) in [5.74, 6) is -0.242. The van der Waals surface area contributed by atoms with E-state index in [4.69, 9.17) is 11.6 Å². The maximum Gasteiger partial charge on any atom is 0.271 e. The number of anilines is 1. The number of rotatable bonds is 5. The number of nitro groups is 1. The van der Waals surface area contributed by atoms with Gasteiger partial charge < -0.3 is 5.32 Å². The molecule has 27 heavy (non-hydrogen) atoms. The first-order valence-corrected chi connectivity index (χ1v) is 9.07. The van der Waals surface area contributed by atoms with E-state index in [0.29, 0.717) is 6.54 Å². The quantitative estimate of drug-likeness (QED) is 0.612. The van der Waals surface area contributed by atoms with E-state index in [2.05, 4.69) is 28.4 Å². The minimum absolute atomic E-state index is 0.115. The number of nitrogens with one attached hydrogen (secondary N) is 1. The molecule has 140 valence electrons. The molecule has 0 spiro atoms. The van der Waals surface area contributed by atoms with Crippen molar-refractivity contribution < 1.29 is 9.72 Å². The first-order valence-electron chi connectivity index (χ1n) is 8.69. The Morgan fingerprint density at radius 1 is 1.26 bits per heavy atom. The predicted molar refractivity (Wildman–Crippen MR) is 107 cm³/mol. The Morgan fingerprint density at radius 2 is 2.00 bits per heavy atom. The van der Waals surface area contributed by atoms with Gasteiger partial charge in [-0.15, -0.1) is 0 Å². The Balaban J connectivity index is 1.66. The van der Waals surface area contributed by atoms with Crippen LogP contribution < -0.4 is 5.32 Å². The summed E-state index contributed by atoms with van der Waals surface area (Å²) >= 11 is 6.06. The van der Waals surface area contributed by atoms with Crippen LogP contribution in [0.2, 0.25) is 5.02 Å². The molecular formula is C20H20ClN3O3. The lowest BCUT2D eigenvalue weighted by Gasteiger charge is -2.31. The van der Waals surface area contributed by atoms with Crippen molar-refractivity contribution in [2.45, 2.75) is 19.4 Å². The molecule has 0 aliphatic carbocycles. The second-order valence-electron chi connectivity index (χ2n) is 6.43. The number of benzene rings is 2. The molecule has 0 aromatic heterocycles. The largest absolute Gasteiger partial charge is 0.323 e. The second-order valence-corrected chi connectivity index (χ2v) is 6.83. The molecule has 1 N–H and O–H groups in total. The minimum atomic E-state index is -0.518. The molecule has 2 aromatic carbocycles. The van der Waals surface area contributed by atoms with Crippen LogP contribution in [-0.2, 0) is 4.79 Å². The Kier molecular flexibility index (Phi) is 5.88. The monoisotopic (exact) mass is 385 g/mol. The summed E-state index contributed by atoms with van der Waals surface area (Å²) in [6, 6.07) is 13.8. The second kappa shape index (κ2) is 8.33. The third kappa shape index (κ3) is 4.53. The van der Waals surface area contributed by atoms with E-state index in [0.717, 1.165) is 13.0 Å². The predicted octanol–water partition coefficient (Wildman–Crippen LogP) is 4.36. The van der Waals surface area contributed by atoms with Crippen molar-refractivity contribution in [3.63, 3.8) is 0 Å². The Morgan fingerprint density at radius 3 is 2.63 bits per heavy atom. The molecule has 0 saturated carbocycles. The van der Waals surface area contributed by atoms with Crippen molar-refractivity contribution in [3.8, 4) is 0 Å². The average molecular weight is 386 g/mol. The SMILES string of the molecule is CC(C(=O)Nc1cc([N+](=O)[O-])ccc1Cl)N1CC=C(c2ccccc2)CC1. The average Bonchev–Trinajstić information content (AvgIpc) is 2.69. The van der Waals surface area contributed by atoms with Gasteiger partial charge in [0, 0.05) is 25.2 Å². The van der Waals surface area contributed by atoms with Crippen LogP contribution in [0.4, 0.5) is 11.4 Å². The van der Waals surface area contributed by atoms with Crippen LogP contribution >= 0.6 is 11.6 Å². The third-order valence-electron chi connectivity index (χ3n) is 4.73. The summed E-state index contributed by atoms with van der Waals surface area (Å²) in [6.07, 6.45) is 3.00. The van der Waals surface area contributed by atoms with Crippen molar-refractivity contribution in [3.05, 3.63) is 75.3 Å². The zero-order valence-electron chi connectivity index (χ0n) is 14.9. The van der Waals surface area contributed by atoms with Crippen LogP contribution in [-0.4, -0.2) is 34.9 Å². The first-order chi connectivity index (χ1) is 13.0. The number of hydrogen-bond donors (Lipinski definition) is 1. The van der Waals surface area contributed by atoms with Crippen LogP contribution in [0.15, 0.2) is 54.6 Å². The number of carbonyl (C=O) groups excluding carboxylic acids is 1. The van der Waals surface area contributed by atoms with Crippen molar-refractivity contribution in [1.82, 2.24) is 4.90 Å². The lowest BCUT2D eigenvalue weighted by Crippen LogP contribution is -2.44. The van der Waals surface area contributed by atoms with E-state index in [1.165, 1.54) is 29.3 Å². The fourth-order valence-electron chi connectivity index (χ4n) is 3.08. The van der Waals surface area contributed by atoms with Crippen molar-refractivity contribution in [2.75, 3.05) is 18.4 Å². The van der Waals surface area contributed by atoms with Gasteiger partial charge in [0.05, 0.1) is 21.7 Å². The molecule has 0 saturated heterocycles. The topological polar surface area (TPSA) is 75.5 Å². The minimum Gasteiger partial charge on any atom is -0.323 e. The van der Waals surface area contributed by atoms with Gasteiger partial charge in [-0.1, -0.05) is 48.0 Å². The maximum absolute atomic E-state index is 12.6. The van der Waals surface area contributed by atoms with E-state index in [9.17, 15) is 14.9 Å². The Hall–Kier alpha value is -2.70. The molecule has 0 fully saturated rings. The molecule has 7 heteroatoms. The molecule has 1 unspecified atom stereocenters. The number of amides is 1. The van der Waals surface area contributed by atoms with Gasteiger partial charge in [-0.25, -0.2) is 0 Å². The zero-order valence-corrected chi connectivity index (χ0v) is 15.6. The summed E-state index contributed by atoms with van der Waals surface area (Å²) in [6.45, 7) is 3.25. The summed E-state index contributed by atoms with van der Waals surface area (Å²) in [7, 11) is 0. The summed E-state index contributed by atoms with van der Waals surface area (Å²) in [4.78, 5) is 25.1. The molecule has 1 heterocycles. The molecule has 2 aromatic rings. The number of halogens is 1. The van der Waals surface area contributed by atoms with E-state index >= 15 is 0 Å². The highest BCUT2D eigenvalue weighted by Crippen LogP contribution is 2.28. The van der Waals surface area contributed by atoms with Gasteiger partial charge >= 0.3 is 0 Å². The highest BCUT2D eigenvalue weighted by atomic mass is 35.5.